The first-order valence-corrected chi connectivity index (χ1v) is 13.2. The van der Waals surface area contributed by atoms with Gasteiger partial charge in [0.05, 0.1) is 25.9 Å². The minimum absolute atomic E-state index is 0.0444. The number of fused-ring (bicyclic) bond motifs is 1. The topological polar surface area (TPSA) is 119 Å². The van der Waals surface area contributed by atoms with E-state index in [2.05, 4.69) is 10.6 Å². The predicted octanol–water partition coefficient (Wildman–Crippen LogP) is 4.31. The smallest absolute Gasteiger partial charge is 0.326 e. The number of rotatable bonds is 10. The Labute approximate surface area is 236 Å². The van der Waals surface area contributed by atoms with E-state index in [1.54, 1.807) is 32.2 Å². The third-order valence-electron chi connectivity index (χ3n) is 7.47. The van der Waals surface area contributed by atoms with Crippen molar-refractivity contribution in [2.75, 3.05) is 12.4 Å². The first-order valence-electron chi connectivity index (χ1n) is 13.2. The Morgan fingerprint density at radius 2 is 1.80 bits per heavy atom. The fourth-order valence-corrected chi connectivity index (χ4v) is 4.88. The van der Waals surface area contributed by atoms with Gasteiger partial charge in [-0.1, -0.05) is 19.1 Å². The van der Waals surface area contributed by atoms with Crippen LogP contribution in [0.4, 0.5) is 14.5 Å². The fraction of sp³-hybridized carbons (Fsp3) is 0.367. The molecule has 2 aromatic carbocycles. The van der Waals surface area contributed by atoms with Crippen molar-refractivity contribution >= 4 is 17.6 Å². The summed E-state index contributed by atoms with van der Waals surface area (Å²) in [6.45, 7) is 5.91. The molecule has 3 N–H and O–H groups in total. The van der Waals surface area contributed by atoms with Crippen LogP contribution in [0.25, 0.3) is 11.1 Å². The third kappa shape index (κ3) is 5.95. The van der Waals surface area contributed by atoms with Gasteiger partial charge in [-0.3, -0.25) is 9.59 Å². The molecule has 11 heteroatoms. The zero-order chi connectivity index (χ0) is 30.0. The number of carbonyl (C=O) groups excluding carboxylic acids is 1. The van der Waals surface area contributed by atoms with Crippen LogP contribution in [-0.2, 0) is 36.2 Å². The van der Waals surface area contributed by atoms with Crippen molar-refractivity contribution in [2.24, 2.45) is 7.05 Å². The lowest BCUT2D eigenvalue weighted by Crippen LogP contribution is -2.43. The summed E-state index contributed by atoms with van der Waals surface area (Å²) < 4.78 is 42.2. The highest BCUT2D eigenvalue weighted by Crippen LogP contribution is 2.37. The van der Waals surface area contributed by atoms with E-state index in [1.807, 2.05) is 13.8 Å². The normalized spacial score (nSPS) is 13.8. The van der Waals surface area contributed by atoms with Gasteiger partial charge in [-0.15, -0.1) is 0 Å². The molecule has 4 rings (SSSR count). The number of hydrogen-bond donors (Lipinski definition) is 3. The molecule has 0 bridgehead atoms. The van der Waals surface area contributed by atoms with Crippen LogP contribution in [0.1, 0.15) is 53.0 Å². The summed E-state index contributed by atoms with van der Waals surface area (Å²) in [4.78, 5) is 38.2. The number of carboxylic acids is 1. The number of benzene rings is 2. The average Bonchev–Trinajstić information content (AvgIpc) is 3.42. The van der Waals surface area contributed by atoms with Gasteiger partial charge in [-0.05, 0) is 54.7 Å². The Hall–Kier alpha value is -4.25. The number of nitrogens with zero attached hydrogens (tertiary/aromatic N) is 1. The van der Waals surface area contributed by atoms with Crippen molar-refractivity contribution in [3.8, 4) is 16.9 Å². The van der Waals surface area contributed by atoms with Crippen LogP contribution in [0.3, 0.4) is 0 Å². The molecule has 0 saturated carbocycles. The van der Waals surface area contributed by atoms with Crippen LogP contribution in [0.2, 0.25) is 0 Å². The van der Waals surface area contributed by atoms with Crippen molar-refractivity contribution in [3.63, 3.8) is 0 Å². The van der Waals surface area contributed by atoms with Crippen LogP contribution in [0, 0.1) is 18.6 Å². The molecule has 0 fully saturated rings. The molecule has 0 unspecified atom stereocenters. The van der Waals surface area contributed by atoms with E-state index in [0.717, 1.165) is 24.2 Å². The van der Waals surface area contributed by atoms with Gasteiger partial charge < -0.3 is 29.8 Å². The molecule has 218 valence electrons. The predicted molar refractivity (Wildman–Crippen MR) is 149 cm³/mol. The van der Waals surface area contributed by atoms with E-state index >= 15 is 0 Å². The molecule has 0 aliphatic carbocycles. The minimum atomic E-state index is -1.49. The van der Waals surface area contributed by atoms with Crippen molar-refractivity contribution in [1.29, 1.82) is 0 Å². The Bertz CT molecular complexity index is 1550. The van der Waals surface area contributed by atoms with Crippen molar-refractivity contribution < 1.29 is 33.0 Å². The molecular formula is C30H33F2N3O6. The lowest BCUT2D eigenvalue weighted by Gasteiger charge is -2.19. The molecule has 0 radical (unpaired) electrons. The second-order valence-corrected chi connectivity index (χ2v) is 10.2. The maximum atomic E-state index is 14.8. The minimum Gasteiger partial charge on any atom is -0.496 e. The largest absolute Gasteiger partial charge is 0.496 e. The van der Waals surface area contributed by atoms with Gasteiger partial charge in [-0.25, -0.2) is 13.6 Å². The quantitative estimate of drug-likeness (QED) is 0.333. The molecule has 1 aromatic heterocycles. The first kappa shape index (κ1) is 29.7. The molecule has 1 amide bonds. The van der Waals surface area contributed by atoms with Crippen LogP contribution >= 0.6 is 0 Å². The molecule has 0 saturated heterocycles. The number of aliphatic carboxylic acids is 1. The molecular weight excluding hydrogens is 536 g/mol. The Morgan fingerprint density at radius 3 is 2.41 bits per heavy atom. The number of hydrogen-bond acceptors (Lipinski definition) is 6. The van der Waals surface area contributed by atoms with Gasteiger partial charge in [-0.2, -0.15) is 0 Å². The number of pyridine rings is 1. The number of nitrogens with one attached hydrogen (secondary N) is 2. The lowest BCUT2D eigenvalue weighted by molar-refractivity contribution is -0.139. The van der Waals surface area contributed by atoms with E-state index < -0.39 is 35.1 Å². The fourth-order valence-electron chi connectivity index (χ4n) is 4.88. The first-order chi connectivity index (χ1) is 19.5. The molecule has 2 atom stereocenters. The SMILES string of the molecule is CC[C@H](C)Nc1cc(F)c(C(=O)N[C@@H](Cc2ccc(-c3c(OC)cc(C)n(C)c3=O)c3c2COC3)C(=O)O)c(F)c1. The number of methoxy groups -OCH3 is 1. The molecule has 1 aliphatic rings. The summed E-state index contributed by atoms with van der Waals surface area (Å²) in [7, 11) is 3.14. The number of carboxylic acid groups (broad SMARTS) is 1. The van der Waals surface area contributed by atoms with Crippen LogP contribution in [-0.4, -0.2) is 40.7 Å². The van der Waals surface area contributed by atoms with E-state index in [4.69, 9.17) is 9.47 Å². The highest BCUT2D eigenvalue weighted by atomic mass is 19.1. The van der Waals surface area contributed by atoms with Gasteiger partial charge in [0.15, 0.2) is 0 Å². The number of carbonyl (C=O) groups is 2. The van der Waals surface area contributed by atoms with E-state index in [-0.39, 0.29) is 36.9 Å². The van der Waals surface area contributed by atoms with Gasteiger partial charge >= 0.3 is 5.97 Å². The van der Waals surface area contributed by atoms with Gasteiger partial charge in [0.2, 0.25) is 0 Å². The number of aromatic nitrogens is 1. The van der Waals surface area contributed by atoms with Gasteiger partial charge in [0, 0.05) is 37.0 Å². The number of halogens is 2. The van der Waals surface area contributed by atoms with Crippen molar-refractivity contribution in [3.05, 3.63) is 80.3 Å². The standard InChI is InChI=1S/C30H33F2N3O6/c1-6-15(2)33-18-11-22(31)27(23(32)12-18)28(36)34-24(30(38)39)10-17-7-8-19(21-14-41-13-20(17)21)26-25(40-5)9-16(3)35(4)29(26)37/h7-9,11-12,15,24,33H,6,10,13-14H2,1-5H3,(H,34,36)(H,38,39)/t15-,24-/m0/s1. The maximum Gasteiger partial charge on any atom is 0.326 e. The Kier molecular flexibility index (Phi) is 8.77. The van der Waals surface area contributed by atoms with E-state index in [1.165, 1.54) is 11.7 Å². The Morgan fingerprint density at radius 1 is 1.15 bits per heavy atom. The molecule has 0 spiro atoms. The number of ether oxygens (including phenoxy) is 2. The molecule has 3 aromatic rings. The number of amides is 1. The van der Waals surface area contributed by atoms with Crippen LogP contribution in [0.15, 0.2) is 35.1 Å². The molecule has 2 heterocycles. The molecule has 1 aliphatic heterocycles. The van der Waals surface area contributed by atoms with Crippen LogP contribution in [0.5, 0.6) is 5.75 Å². The second-order valence-electron chi connectivity index (χ2n) is 10.2. The highest BCUT2D eigenvalue weighted by molar-refractivity contribution is 5.97. The highest BCUT2D eigenvalue weighted by Gasteiger charge is 2.29. The summed E-state index contributed by atoms with van der Waals surface area (Å²) in [5, 5.41) is 15.1. The lowest BCUT2D eigenvalue weighted by atomic mass is 9.91. The van der Waals surface area contributed by atoms with Crippen molar-refractivity contribution in [2.45, 2.75) is 58.9 Å². The maximum absolute atomic E-state index is 14.8. The molecule has 9 nitrogen and oxygen atoms in total. The van der Waals surface area contributed by atoms with Gasteiger partial charge in [0.1, 0.15) is 29.0 Å². The van der Waals surface area contributed by atoms with Crippen molar-refractivity contribution in [1.82, 2.24) is 9.88 Å². The molecule has 41 heavy (non-hydrogen) atoms. The van der Waals surface area contributed by atoms with E-state index in [9.17, 15) is 28.3 Å². The second kappa shape index (κ2) is 12.1. The average molecular weight is 570 g/mol. The Balaban J connectivity index is 1.64. The number of aryl methyl sites for hydroxylation is 1. The summed E-state index contributed by atoms with van der Waals surface area (Å²) in [5.74, 6) is -4.37. The van der Waals surface area contributed by atoms with Crippen LogP contribution < -0.4 is 20.9 Å². The zero-order valence-corrected chi connectivity index (χ0v) is 23.6. The third-order valence-corrected chi connectivity index (χ3v) is 7.47. The monoisotopic (exact) mass is 569 g/mol. The summed E-state index contributed by atoms with van der Waals surface area (Å²) in [6, 6.07) is 5.60. The summed E-state index contributed by atoms with van der Waals surface area (Å²) >= 11 is 0. The number of anilines is 1. The van der Waals surface area contributed by atoms with E-state index in [0.29, 0.717) is 33.6 Å². The van der Waals surface area contributed by atoms with Gasteiger partial charge in [0.25, 0.3) is 11.5 Å². The zero-order valence-electron chi connectivity index (χ0n) is 23.6. The summed E-state index contributed by atoms with van der Waals surface area (Å²) in [5.41, 5.74) is 2.69. The summed E-state index contributed by atoms with van der Waals surface area (Å²) in [6.07, 6.45) is 0.545.